The van der Waals surface area contributed by atoms with Crippen molar-refractivity contribution in [3.05, 3.63) is 58.7 Å². The van der Waals surface area contributed by atoms with Gasteiger partial charge < -0.3 is 5.11 Å². The van der Waals surface area contributed by atoms with E-state index in [1.165, 1.54) is 11.1 Å². The third-order valence-electron chi connectivity index (χ3n) is 3.16. The summed E-state index contributed by atoms with van der Waals surface area (Å²) in [5.41, 5.74) is 5.89. The highest BCUT2D eigenvalue weighted by molar-refractivity contribution is 5.90. The molecular formula is C16H16O2. The molecule has 0 unspecified atom stereocenters. The highest BCUT2D eigenvalue weighted by Crippen LogP contribution is 2.28. The first-order valence-corrected chi connectivity index (χ1v) is 5.90. The van der Waals surface area contributed by atoms with Crippen molar-refractivity contribution in [1.82, 2.24) is 0 Å². The molecule has 0 bridgehead atoms. The first-order valence-electron chi connectivity index (χ1n) is 5.90. The third-order valence-corrected chi connectivity index (χ3v) is 3.16. The second kappa shape index (κ2) is 4.65. The van der Waals surface area contributed by atoms with Crippen molar-refractivity contribution in [2.45, 2.75) is 20.8 Å². The normalized spacial score (nSPS) is 10.4. The minimum atomic E-state index is -0.888. The molecule has 0 saturated carbocycles. The number of benzene rings is 2. The standard InChI is InChI=1S/C16H16O2/c1-10-4-7-14(12(3)8-10)15-9-13(16(17)18)6-5-11(15)2/h4-9H,1-3H3,(H,17,18). The van der Waals surface area contributed by atoms with Gasteiger partial charge in [-0.1, -0.05) is 29.8 Å². The quantitative estimate of drug-likeness (QED) is 0.862. The number of carboxylic acid groups (broad SMARTS) is 1. The van der Waals surface area contributed by atoms with E-state index in [-0.39, 0.29) is 0 Å². The van der Waals surface area contributed by atoms with Gasteiger partial charge >= 0.3 is 5.97 Å². The van der Waals surface area contributed by atoms with E-state index in [0.29, 0.717) is 5.56 Å². The van der Waals surface area contributed by atoms with Gasteiger partial charge in [0.05, 0.1) is 5.56 Å². The van der Waals surface area contributed by atoms with E-state index in [4.69, 9.17) is 5.11 Å². The number of aromatic carboxylic acids is 1. The van der Waals surface area contributed by atoms with Crippen molar-refractivity contribution in [2.24, 2.45) is 0 Å². The van der Waals surface area contributed by atoms with E-state index in [0.717, 1.165) is 16.7 Å². The zero-order valence-electron chi connectivity index (χ0n) is 10.8. The molecule has 0 aromatic heterocycles. The van der Waals surface area contributed by atoms with Crippen molar-refractivity contribution in [1.29, 1.82) is 0 Å². The van der Waals surface area contributed by atoms with Crippen molar-refractivity contribution in [2.75, 3.05) is 0 Å². The van der Waals surface area contributed by atoms with Crippen LogP contribution in [-0.4, -0.2) is 11.1 Å². The van der Waals surface area contributed by atoms with Crippen LogP contribution in [0.25, 0.3) is 11.1 Å². The van der Waals surface area contributed by atoms with Gasteiger partial charge in [-0.2, -0.15) is 0 Å². The van der Waals surface area contributed by atoms with E-state index < -0.39 is 5.97 Å². The Kier molecular flexibility index (Phi) is 3.19. The van der Waals surface area contributed by atoms with Crippen LogP contribution in [0, 0.1) is 20.8 Å². The Balaban J connectivity index is 2.62. The number of carbonyl (C=O) groups is 1. The molecule has 18 heavy (non-hydrogen) atoms. The van der Waals surface area contributed by atoms with E-state index in [9.17, 15) is 4.79 Å². The molecule has 0 saturated heterocycles. The van der Waals surface area contributed by atoms with Crippen LogP contribution in [0.3, 0.4) is 0 Å². The van der Waals surface area contributed by atoms with E-state index in [1.54, 1.807) is 12.1 Å². The highest BCUT2D eigenvalue weighted by atomic mass is 16.4. The Morgan fingerprint density at radius 3 is 2.22 bits per heavy atom. The van der Waals surface area contributed by atoms with Gasteiger partial charge in [0.25, 0.3) is 0 Å². The van der Waals surface area contributed by atoms with Crippen molar-refractivity contribution in [3.63, 3.8) is 0 Å². The Bertz CT molecular complexity index is 612. The lowest BCUT2D eigenvalue weighted by atomic mass is 9.94. The Morgan fingerprint density at radius 1 is 0.889 bits per heavy atom. The Hall–Kier alpha value is -2.09. The molecule has 0 aliphatic heterocycles. The summed E-state index contributed by atoms with van der Waals surface area (Å²) >= 11 is 0. The van der Waals surface area contributed by atoms with E-state index in [1.807, 2.05) is 13.0 Å². The predicted octanol–water partition coefficient (Wildman–Crippen LogP) is 3.98. The lowest BCUT2D eigenvalue weighted by Crippen LogP contribution is -1.98. The fraction of sp³-hybridized carbons (Fsp3) is 0.188. The maximum Gasteiger partial charge on any atom is 0.335 e. The average molecular weight is 240 g/mol. The summed E-state index contributed by atoms with van der Waals surface area (Å²) in [5, 5.41) is 9.06. The Morgan fingerprint density at radius 2 is 1.61 bits per heavy atom. The molecule has 2 aromatic carbocycles. The zero-order chi connectivity index (χ0) is 13.3. The average Bonchev–Trinajstić information content (AvgIpc) is 2.30. The van der Waals surface area contributed by atoms with Gasteiger partial charge in [0.2, 0.25) is 0 Å². The van der Waals surface area contributed by atoms with Crippen LogP contribution in [0.2, 0.25) is 0 Å². The summed E-state index contributed by atoms with van der Waals surface area (Å²) in [4.78, 5) is 11.0. The van der Waals surface area contributed by atoms with Gasteiger partial charge in [-0.25, -0.2) is 4.79 Å². The van der Waals surface area contributed by atoms with Crippen LogP contribution in [0.1, 0.15) is 27.0 Å². The van der Waals surface area contributed by atoms with Gasteiger partial charge in [-0.05, 0) is 55.2 Å². The predicted molar refractivity (Wildman–Crippen MR) is 73.0 cm³/mol. The van der Waals surface area contributed by atoms with Gasteiger partial charge in [0, 0.05) is 0 Å². The number of hydrogen-bond donors (Lipinski definition) is 1. The maximum atomic E-state index is 11.0. The molecule has 1 N–H and O–H groups in total. The number of carboxylic acids is 1. The van der Waals surface area contributed by atoms with Crippen LogP contribution in [0.15, 0.2) is 36.4 Å². The van der Waals surface area contributed by atoms with Crippen LogP contribution in [-0.2, 0) is 0 Å². The van der Waals surface area contributed by atoms with Gasteiger partial charge in [0.15, 0.2) is 0 Å². The summed E-state index contributed by atoms with van der Waals surface area (Å²) in [6.07, 6.45) is 0. The number of rotatable bonds is 2. The third kappa shape index (κ3) is 2.28. The van der Waals surface area contributed by atoms with Crippen LogP contribution in [0.5, 0.6) is 0 Å². The minimum absolute atomic E-state index is 0.329. The molecule has 2 heteroatoms. The van der Waals surface area contributed by atoms with Gasteiger partial charge in [-0.3, -0.25) is 0 Å². The lowest BCUT2D eigenvalue weighted by Gasteiger charge is -2.11. The molecule has 2 nitrogen and oxygen atoms in total. The highest BCUT2D eigenvalue weighted by Gasteiger charge is 2.09. The molecule has 0 atom stereocenters. The van der Waals surface area contributed by atoms with Crippen molar-refractivity contribution < 1.29 is 9.90 Å². The SMILES string of the molecule is Cc1ccc(-c2cc(C(=O)O)ccc2C)c(C)c1. The van der Waals surface area contributed by atoms with Gasteiger partial charge in [-0.15, -0.1) is 0 Å². The number of aryl methyl sites for hydroxylation is 3. The first kappa shape index (κ1) is 12.4. The lowest BCUT2D eigenvalue weighted by molar-refractivity contribution is 0.0697. The molecule has 0 radical (unpaired) electrons. The first-order chi connectivity index (χ1) is 8.49. The number of hydrogen-bond acceptors (Lipinski definition) is 1. The second-order valence-electron chi connectivity index (χ2n) is 4.65. The Labute approximate surface area is 107 Å². The molecule has 2 rings (SSSR count). The van der Waals surface area contributed by atoms with Crippen LogP contribution in [0.4, 0.5) is 0 Å². The summed E-state index contributed by atoms with van der Waals surface area (Å²) in [5.74, 6) is -0.888. The second-order valence-corrected chi connectivity index (χ2v) is 4.65. The molecule has 0 heterocycles. The monoisotopic (exact) mass is 240 g/mol. The molecule has 92 valence electrons. The molecule has 0 fully saturated rings. The molecule has 2 aromatic rings. The van der Waals surface area contributed by atoms with Crippen molar-refractivity contribution >= 4 is 5.97 Å². The fourth-order valence-corrected chi connectivity index (χ4v) is 2.16. The summed E-state index contributed by atoms with van der Waals surface area (Å²) in [6, 6.07) is 11.5. The van der Waals surface area contributed by atoms with Crippen molar-refractivity contribution in [3.8, 4) is 11.1 Å². The summed E-state index contributed by atoms with van der Waals surface area (Å²) in [7, 11) is 0. The van der Waals surface area contributed by atoms with E-state index >= 15 is 0 Å². The maximum absolute atomic E-state index is 11.0. The molecular weight excluding hydrogens is 224 g/mol. The van der Waals surface area contributed by atoms with Crippen LogP contribution < -0.4 is 0 Å². The minimum Gasteiger partial charge on any atom is -0.478 e. The topological polar surface area (TPSA) is 37.3 Å². The molecule has 0 aliphatic carbocycles. The van der Waals surface area contributed by atoms with Crippen LogP contribution >= 0.6 is 0 Å². The molecule has 0 amide bonds. The summed E-state index contributed by atoms with van der Waals surface area (Å²) in [6.45, 7) is 6.10. The fourth-order valence-electron chi connectivity index (χ4n) is 2.16. The molecule has 0 spiro atoms. The smallest absolute Gasteiger partial charge is 0.335 e. The largest absolute Gasteiger partial charge is 0.478 e. The summed E-state index contributed by atoms with van der Waals surface area (Å²) < 4.78 is 0. The van der Waals surface area contributed by atoms with Gasteiger partial charge in [0.1, 0.15) is 0 Å². The van der Waals surface area contributed by atoms with E-state index in [2.05, 4.69) is 32.0 Å². The molecule has 0 aliphatic rings. The zero-order valence-corrected chi connectivity index (χ0v) is 10.8.